The van der Waals surface area contributed by atoms with Gasteiger partial charge in [0, 0.05) is 17.8 Å². The maximum atomic E-state index is 11.1. The van der Waals surface area contributed by atoms with Gasteiger partial charge in [0.25, 0.3) is 0 Å². The van der Waals surface area contributed by atoms with E-state index in [0.717, 1.165) is 11.3 Å². The summed E-state index contributed by atoms with van der Waals surface area (Å²) in [4.78, 5) is 11.1. The SMILES string of the molecule is Cc1ccc(NCc2cccc(C(N)=O)c2)cc1C. The molecule has 0 aromatic heterocycles. The van der Waals surface area contributed by atoms with Gasteiger partial charge in [-0.25, -0.2) is 0 Å². The number of aryl methyl sites for hydroxylation is 2. The number of nitrogens with two attached hydrogens (primary N) is 1. The van der Waals surface area contributed by atoms with E-state index in [9.17, 15) is 4.79 Å². The third kappa shape index (κ3) is 3.35. The first kappa shape index (κ1) is 13.1. The van der Waals surface area contributed by atoms with Gasteiger partial charge in [-0.2, -0.15) is 0 Å². The third-order valence-electron chi connectivity index (χ3n) is 3.22. The summed E-state index contributed by atoms with van der Waals surface area (Å²) in [5.74, 6) is -0.395. The third-order valence-corrected chi connectivity index (χ3v) is 3.22. The maximum absolute atomic E-state index is 11.1. The Balaban J connectivity index is 2.07. The molecule has 3 N–H and O–H groups in total. The second-order valence-corrected chi connectivity index (χ2v) is 4.72. The zero-order valence-corrected chi connectivity index (χ0v) is 11.2. The van der Waals surface area contributed by atoms with Crippen LogP contribution in [0.15, 0.2) is 42.5 Å². The Kier molecular flexibility index (Phi) is 3.85. The maximum Gasteiger partial charge on any atom is 0.248 e. The Morgan fingerprint density at radius 2 is 1.89 bits per heavy atom. The number of benzene rings is 2. The molecule has 3 nitrogen and oxygen atoms in total. The number of hydrogen-bond acceptors (Lipinski definition) is 2. The normalized spacial score (nSPS) is 10.2. The first-order valence-corrected chi connectivity index (χ1v) is 6.26. The summed E-state index contributed by atoms with van der Waals surface area (Å²) in [6.07, 6.45) is 0. The van der Waals surface area contributed by atoms with Crippen LogP contribution in [0.5, 0.6) is 0 Å². The lowest BCUT2D eigenvalue weighted by Crippen LogP contribution is -2.11. The molecule has 0 unspecified atom stereocenters. The molecule has 0 aliphatic carbocycles. The lowest BCUT2D eigenvalue weighted by atomic mass is 10.1. The molecule has 0 fully saturated rings. The van der Waals surface area contributed by atoms with Crippen LogP contribution in [-0.4, -0.2) is 5.91 Å². The summed E-state index contributed by atoms with van der Waals surface area (Å²) in [5, 5.41) is 3.34. The molecule has 1 amide bonds. The zero-order chi connectivity index (χ0) is 13.8. The molecular weight excluding hydrogens is 236 g/mol. The molecule has 0 radical (unpaired) electrons. The number of carbonyl (C=O) groups excluding carboxylic acids is 1. The van der Waals surface area contributed by atoms with Crippen molar-refractivity contribution in [1.82, 2.24) is 0 Å². The average molecular weight is 254 g/mol. The molecular formula is C16H18N2O. The van der Waals surface area contributed by atoms with Crippen LogP contribution < -0.4 is 11.1 Å². The van der Waals surface area contributed by atoms with E-state index in [0.29, 0.717) is 12.1 Å². The van der Waals surface area contributed by atoms with Crippen LogP contribution in [0.25, 0.3) is 0 Å². The highest BCUT2D eigenvalue weighted by Crippen LogP contribution is 2.15. The summed E-state index contributed by atoms with van der Waals surface area (Å²) >= 11 is 0. The molecule has 98 valence electrons. The number of carbonyl (C=O) groups is 1. The molecule has 3 heteroatoms. The van der Waals surface area contributed by atoms with Crippen molar-refractivity contribution in [1.29, 1.82) is 0 Å². The van der Waals surface area contributed by atoms with Crippen molar-refractivity contribution >= 4 is 11.6 Å². The molecule has 0 saturated carbocycles. The van der Waals surface area contributed by atoms with E-state index in [1.807, 2.05) is 18.2 Å². The van der Waals surface area contributed by atoms with Crippen molar-refractivity contribution in [2.75, 3.05) is 5.32 Å². The van der Waals surface area contributed by atoms with Crippen LogP contribution in [0.1, 0.15) is 27.0 Å². The van der Waals surface area contributed by atoms with Crippen LogP contribution in [0.4, 0.5) is 5.69 Å². The Morgan fingerprint density at radius 1 is 1.11 bits per heavy atom. The van der Waals surface area contributed by atoms with Gasteiger partial charge in [0.05, 0.1) is 0 Å². The molecule has 19 heavy (non-hydrogen) atoms. The number of primary amides is 1. The van der Waals surface area contributed by atoms with Gasteiger partial charge in [-0.05, 0) is 54.8 Å². The second kappa shape index (κ2) is 5.57. The molecule has 2 rings (SSSR count). The van der Waals surface area contributed by atoms with Crippen molar-refractivity contribution in [3.63, 3.8) is 0 Å². The van der Waals surface area contributed by atoms with E-state index >= 15 is 0 Å². The van der Waals surface area contributed by atoms with Crippen LogP contribution in [0, 0.1) is 13.8 Å². The predicted molar refractivity (Wildman–Crippen MR) is 78.2 cm³/mol. The number of rotatable bonds is 4. The monoisotopic (exact) mass is 254 g/mol. The minimum Gasteiger partial charge on any atom is -0.381 e. The summed E-state index contributed by atoms with van der Waals surface area (Å²) < 4.78 is 0. The number of hydrogen-bond donors (Lipinski definition) is 2. The van der Waals surface area contributed by atoms with Gasteiger partial charge in [0.15, 0.2) is 0 Å². The predicted octanol–water partition coefficient (Wildman–Crippen LogP) is 3.01. The Bertz CT molecular complexity index is 605. The van der Waals surface area contributed by atoms with Gasteiger partial charge in [0.1, 0.15) is 0 Å². The van der Waals surface area contributed by atoms with Gasteiger partial charge in [-0.15, -0.1) is 0 Å². The van der Waals surface area contributed by atoms with Crippen molar-refractivity contribution < 1.29 is 4.79 Å². The van der Waals surface area contributed by atoms with Crippen molar-refractivity contribution in [2.45, 2.75) is 20.4 Å². The highest BCUT2D eigenvalue weighted by atomic mass is 16.1. The minimum atomic E-state index is -0.395. The summed E-state index contributed by atoms with van der Waals surface area (Å²) in [5.41, 5.74) is 10.5. The molecule has 2 aromatic carbocycles. The highest BCUT2D eigenvalue weighted by Gasteiger charge is 2.01. The van der Waals surface area contributed by atoms with E-state index in [2.05, 4.69) is 37.4 Å². The molecule has 0 bridgehead atoms. The van der Waals surface area contributed by atoms with E-state index in [1.165, 1.54) is 11.1 Å². The van der Waals surface area contributed by atoms with Gasteiger partial charge in [-0.1, -0.05) is 18.2 Å². The van der Waals surface area contributed by atoms with E-state index in [1.54, 1.807) is 6.07 Å². The van der Waals surface area contributed by atoms with Crippen LogP contribution in [-0.2, 0) is 6.54 Å². The standard InChI is InChI=1S/C16H18N2O/c1-11-6-7-15(8-12(11)2)18-10-13-4-3-5-14(9-13)16(17)19/h3-9,18H,10H2,1-2H3,(H2,17,19). The van der Waals surface area contributed by atoms with Gasteiger partial charge < -0.3 is 11.1 Å². The quantitative estimate of drug-likeness (QED) is 0.881. The second-order valence-electron chi connectivity index (χ2n) is 4.72. The van der Waals surface area contributed by atoms with Crippen molar-refractivity contribution in [3.8, 4) is 0 Å². The van der Waals surface area contributed by atoms with Crippen LogP contribution >= 0.6 is 0 Å². The smallest absolute Gasteiger partial charge is 0.248 e. The minimum absolute atomic E-state index is 0.395. The molecule has 0 saturated heterocycles. The lowest BCUT2D eigenvalue weighted by Gasteiger charge is -2.09. The number of amides is 1. The van der Waals surface area contributed by atoms with E-state index < -0.39 is 5.91 Å². The van der Waals surface area contributed by atoms with Gasteiger partial charge in [0.2, 0.25) is 5.91 Å². The Labute approximate surface area is 113 Å². The van der Waals surface area contributed by atoms with E-state index in [4.69, 9.17) is 5.73 Å². The van der Waals surface area contributed by atoms with Gasteiger partial charge in [-0.3, -0.25) is 4.79 Å². The first-order valence-electron chi connectivity index (χ1n) is 6.26. The Morgan fingerprint density at radius 3 is 2.58 bits per heavy atom. The fraction of sp³-hybridized carbons (Fsp3) is 0.188. The summed E-state index contributed by atoms with van der Waals surface area (Å²) in [7, 11) is 0. The average Bonchev–Trinajstić information content (AvgIpc) is 2.40. The molecule has 0 aliphatic heterocycles. The Hall–Kier alpha value is -2.29. The van der Waals surface area contributed by atoms with Crippen molar-refractivity contribution in [2.24, 2.45) is 5.73 Å². The zero-order valence-electron chi connectivity index (χ0n) is 11.2. The molecule has 0 heterocycles. The fourth-order valence-corrected chi connectivity index (χ4v) is 1.89. The number of nitrogens with one attached hydrogen (secondary N) is 1. The van der Waals surface area contributed by atoms with Crippen molar-refractivity contribution in [3.05, 3.63) is 64.7 Å². The number of anilines is 1. The first-order chi connectivity index (χ1) is 9.06. The van der Waals surface area contributed by atoms with Crippen LogP contribution in [0.3, 0.4) is 0 Å². The van der Waals surface area contributed by atoms with Gasteiger partial charge >= 0.3 is 0 Å². The summed E-state index contributed by atoms with van der Waals surface area (Å²) in [6, 6.07) is 13.6. The molecule has 0 spiro atoms. The van der Waals surface area contributed by atoms with E-state index in [-0.39, 0.29) is 0 Å². The fourth-order valence-electron chi connectivity index (χ4n) is 1.89. The highest BCUT2D eigenvalue weighted by molar-refractivity contribution is 5.92. The molecule has 2 aromatic rings. The van der Waals surface area contributed by atoms with Crippen LogP contribution in [0.2, 0.25) is 0 Å². The largest absolute Gasteiger partial charge is 0.381 e. The topological polar surface area (TPSA) is 55.1 Å². The lowest BCUT2D eigenvalue weighted by molar-refractivity contribution is 0.1000. The molecule has 0 atom stereocenters. The summed E-state index contributed by atoms with van der Waals surface area (Å²) in [6.45, 7) is 4.85. The molecule has 0 aliphatic rings.